The van der Waals surface area contributed by atoms with Crippen LogP contribution >= 0.6 is 11.3 Å². The van der Waals surface area contributed by atoms with E-state index < -0.39 is 0 Å². The zero-order valence-electron chi connectivity index (χ0n) is 17.7. The minimum Gasteiger partial charge on any atom is -0.493 e. The molecule has 2 aromatic carbocycles. The average Bonchev–Trinajstić information content (AvgIpc) is 3.51. The van der Waals surface area contributed by atoms with E-state index in [4.69, 9.17) is 14.0 Å². The van der Waals surface area contributed by atoms with E-state index in [1.807, 2.05) is 0 Å². The second-order valence-electron chi connectivity index (χ2n) is 7.56. The van der Waals surface area contributed by atoms with Gasteiger partial charge in [0.15, 0.2) is 11.5 Å². The summed E-state index contributed by atoms with van der Waals surface area (Å²) in [5.74, 6) is 2.14. The molecular weight excluding hydrogens is 429 g/mol. The Morgan fingerprint density at radius 3 is 2.62 bits per heavy atom. The largest absolute Gasteiger partial charge is 0.493 e. The lowest BCUT2D eigenvalue weighted by atomic mass is 9.91. The fourth-order valence-corrected chi connectivity index (χ4v) is 5.03. The summed E-state index contributed by atoms with van der Waals surface area (Å²) < 4.78 is 29.9. The van der Waals surface area contributed by atoms with Crippen LogP contribution in [-0.2, 0) is 13.0 Å². The third-order valence-electron chi connectivity index (χ3n) is 5.70. The van der Waals surface area contributed by atoms with Crippen LogP contribution in [0.1, 0.15) is 27.9 Å². The molecule has 2 aromatic heterocycles. The van der Waals surface area contributed by atoms with Crippen molar-refractivity contribution in [1.29, 1.82) is 0 Å². The lowest BCUT2D eigenvalue weighted by Crippen LogP contribution is -2.35. The van der Waals surface area contributed by atoms with E-state index in [9.17, 15) is 4.39 Å². The van der Waals surface area contributed by atoms with Crippen LogP contribution in [0.2, 0.25) is 0 Å². The highest BCUT2D eigenvalue weighted by Gasteiger charge is 2.32. The van der Waals surface area contributed by atoms with Crippen molar-refractivity contribution in [2.24, 2.45) is 0 Å². The third kappa shape index (κ3) is 3.87. The Hall–Kier alpha value is -3.23. The number of aromatic nitrogens is 2. The summed E-state index contributed by atoms with van der Waals surface area (Å²) in [4.78, 5) is 8.12. The Morgan fingerprint density at radius 2 is 1.91 bits per heavy atom. The molecule has 4 aromatic rings. The van der Waals surface area contributed by atoms with Crippen LogP contribution in [0.4, 0.5) is 4.39 Å². The van der Waals surface area contributed by atoms with Crippen LogP contribution in [0.5, 0.6) is 11.5 Å². The maximum atomic E-state index is 13.2. The van der Waals surface area contributed by atoms with Crippen LogP contribution in [0.25, 0.3) is 11.4 Å². The molecule has 3 heterocycles. The van der Waals surface area contributed by atoms with E-state index in [1.54, 1.807) is 37.7 Å². The SMILES string of the molecule is COc1cc2c(cc1OC)C(c1cccs1)N(Cc1nc(-c3ccc(F)cc3)no1)CC2. The summed E-state index contributed by atoms with van der Waals surface area (Å²) in [5, 5.41) is 6.18. The van der Waals surface area contributed by atoms with Crippen LogP contribution in [-0.4, -0.2) is 35.8 Å². The van der Waals surface area contributed by atoms with Gasteiger partial charge >= 0.3 is 0 Å². The van der Waals surface area contributed by atoms with Crippen LogP contribution < -0.4 is 9.47 Å². The zero-order chi connectivity index (χ0) is 22.1. The van der Waals surface area contributed by atoms with Crippen molar-refractivity contribution in [3.8, 4) is 22.9 Å². The summed E-state index contributed by atoms with van der Waals surface area (Å²) in [5.41, 5.74) is 3.15. The normalized spacial score (nSPS) is 16.0. The van der Waals surface area contributed by atoms with Gasteiger partial charge in [0.05, 0.1) is 26.8 Å². The van der Waals surface area contributed by atoms with Gasteiger partial charge in [-0.3, -0.25) is 4.90 Å². The lowest BCUT2D eigenvalue weighted by molar-refractivity contribution is 0.179. The van der Waals surface area contributed by atoms with Gasteiger partial charge in [-0.1, -0.05) is 11.2 Å². The maximum absolute atomic E-state index is 13.2. The van der Waals surface area contributed by atoms with Gasteiger partial charge in [-0.2, -0.15) is 4.98 Å². The molecule has 8 heteroatoms. The highest BCUT2D eigenvalue weighted by atomic mass is 32.1. The number of hydrogen-bond donors (Lipinski definition) is 0. The molecule has 5 rings (SSSR count). The van der Waals surface area contributed by atoms with Crippen molar-refractivity contribution in [3.63, 3.8) is 0 Å². The van der Waals surface area contributed by atoms with Crippen molar-refractivity contribution in [2.45, 2.75) is 19.0 Å². The number of halogens is 1. The number of thiophene rings is 1. The predicted molar refractivity (Wildman–Crippen MR) is 120 cm³/mol. The van der Waals surface area contributed by atoms with E-state index in [1.165, 1.54) is 28.1 Å². The van der Waals surface area contributed by atoms with Crippen molar-refractivity contribution in [1.82, 2.24) is 15.0 Å². The Morgan fingerprint density at radius 1 is 1.12 bits per heavy atom. The first kappa shape index (κ1) is 20.7. The molecule has 1 aliphatic rings. The molecule has 6 nitrogen and oxygen atoms in total. The van der Waals surface area contributed by atoms with Gasteiger partial charge in [-0.05, 0) is 65.4 Å². The smallest absolute Gasteiger partial charge is 0.241 e. The first-order chi connectivity index (χ1) is 15.7. The first-order valence-electron chi connectivity index (χ1n) is 10.3. The molecule has 0 bridgehead atoms. The number of hydrogen-bond acceptors (Lipinski definition) is 7. The molecule has 0 N–H and O–H groups in total. The summed E-state index contributed by atoms with van der Waals surface area (Å²) in [6.07, 6.45) is 0.872. The summed E-state index contributed by atoms with van der Waals surface area (Å²) >= 11 is 1.72. The van der Waals surface area contributed by atoms with Crippen molar-refractivity contribution in [2.75, 3.05) is 20.8 Å². The Labute approximate surface area is 189 Å². The molecule has 32 heavy (non-hydrogen) atoms. The summed E-state index contributed by atoms with van der Waals surface area (Å²) in [7, 11) is 3.31. The van der Waals surface area contributed by atoms with Gasteiger partial charge in [0.1, 0.15) is 5.82 Å². The number of ether oxygens (including phenoxy) is 2. The lowest BCUT2D eigenvalue weighted by Gasteiger charge is -2.36. The average molecular weight is 452 g/mol. The highest BCUT2D eigenvalue weighted by Crippen LogP contribution is 2.42. The van der Waals surface area contributed by atoms with Gasteiger partial charge in [-0.15, -0.1) is 11.3 Å². The van der Waals surface area contributed by atoms with Crippen LogP contribution in [0, 0.1) is 5.82 Å². The molecule has 0 aliphatic carbocycles. The monoisotopic (exact) mass is 451 g/mol. The topological polar surface area (TPSA) is 60.6 Å². The van der Waals surface area contributed by atoms with Crippen molar-refractivity contribution in [3.05, 3.63) is 81.6 Å². The first-order valence-corrected chi connectivity index (χ1v) is 11.1. The molecular formula is C24H22FN3O3S. The molecule has 164 valence electrons. The quantitative estimate of drug-likeness (QED) is 0.406. The molecule has 0 amide bonds. The minimum absolute atomic E-state index is 0.0414. The Balaban J connectivity index is 1.47. The minimum atomic E-state index is -0.296. The van der Waals surface area contributed by atoms with E-state index in [2.05, 4.69) is 44.7 Å². The van der Waals surface area contributed by atoms with E-state index in [0.717, 1.165) is 24.3 Å². The fourth-order valence-electron chi connectivity index (χ4n) is 4.16. The van der Waals surface area contributed by atoms with Crippen molar-refractivity contribution >= 4 is 11.3 Å². The summed E-state index contributed by atoms with van der Waals surface area (Å²) in [6.45, 7) is 1.34. The summed E-state index contributed by atoms with van der Waals surface area (Å²) in [6, 6.07) is 14.5. The number of nitrogens with zero attached hydrogens (tertiary/aromatic N) is 3. The number of rotatable bonds is 6. The Kier molecular flexibility index (Phi) is 5.63. The number of fused-ring (bicyclic) bond motifs is 1. The molecule has 1 unspecified atom stereocenters. The predicted octanol–water partition coefficient (Wildman–Crippen LogP) is 5.10. The molecule has 0 saturated carbocycles. The number of benzene rings is 2. The highest BCUT2D eigenvalue weighted by molar-refractivity contribution is 7.10. The standard InChI is InChI=1S/C24H22FN3O3S/c1-29-19-12-16-9-10-28(23(21-4-3-11-32-21)18(16)13-20(19)30-2)14-22-26-24(27-31-22)15-5-7-17(25)8-6-15/h3-8,11-13,23H,9-10,14H2,1-2H3. The molecule has 0 spiro atoms. The van der Waals surface area contributed by atoms with Gasteiger partial charge in [-0.25, -0.2) is 4.39 Å². The van der Waals surface area contributed by atoms with E-state index in [-0.39, 0.29) is 11.9 Å². The van der Waals surface area contributed by atoms with E-state index >= 15 is 0 Å². The third-order valence-corrected chi connectivity index (χ3v) is 6.62. The zero-order valence-corrected chi connectivity index (χ0v) is 18.6. The second-order valence-corrected chi connectivity index (χ2v) is 8.54. The van der Waals surface area contributed by atoms with Crippen LogP contribution in [0.3, 0.4) is 0 Å². The van der Waals surface area contributed by atoms with Gasteiger partial charge < -0.3 is 14.0 Å². The molecule has 1 aliphatic heterocycles. The maximum Gasteiger partial charge on any atom is 0.241 e. The van der Waals surface area contributed by atoms with Gasteiger partial charge in [0, 0.05) is 17.0 Å². The van der Waals surface area contributed by atoms with Gasteiger partial charge in [0.2, 0.25) is 11.7 Å². The second kappa shape index (κ2) is 8.72. The molecule has 0 saturated heterocycles. The van der Waals surface area contributed by atoms with Crippen LogP contribution in [0.15, 0.2) is 58.4 Å². The molecule has 0 fully saturated rings. The van der Waals surface area contributed by atoms with Gasteiger partial charge in [0.25, 0.3) is 0 Å². The number of methoxy groups -OCH3 is 2. The molecule has 1 atom stereocenters. The van der Waals surface area contributed by atoms with Crippen molar-refractivity contribution < 1.29 is 18.4 Å². The Bertz CT molecular complexity index is 1210. The van der Waals surface area contributed by atoms with E-state index in [0.29, 0.717) is 24.0 Å². The fraction of sp³-hybridized carbons (Fsp3) is 0.250. The molecule has 0 radical (unpaired) electrons.